The number of aromatic hydroxyl groups is 1. The first-order valence-corrected chi connectivity index (χ1v) is 36.5. The summed E-state index contributed by atoms with van der Waals surface area (Å²) in [6.45, 7) is 5.01. The van der Waals surface area contributed by atoms with Gasteiger partial charge in [0.15, 0.2) is 5.96 Å². The van der Waals surface area contributed by atoms with E-state index in [2.05, 4.69) is 73.4 Å². The monoisotopic (exact) mass is 1520 g/mol. The number of hydrogen-bond acceptors (Lipinski definition) is 20. The molecule has 596 valence electrons. The predicted octanol–water partition coefficient (Wildman–Crippen LogP) is -4.57. The Morgan fingerprint density at radius 1 is 0.569 bits per heavy atom. The van der Waals surface area contributed by atoms with Gasteiger partial charge >= 0.3 is 11.9 Å². The Hall–Kier alpha value is -11.3. The van der Waals surface area contributed by atoms with Crippen molar-refractivity contribution in [3.63, 3.8) is 0 Å². The van der Waals surface area contributed by atoms with Gasteiger partial charge in [-0.05, 0) is 133 Å². The number of nitrogens with one attached hydrogen (secondary N) is 12. The lowest BCUT2D eigenvalue weighted by Crippen LogP contribution is -2.60. The first kappa shape index (κ1) is 86.6. The fourth-order valence-electron chi connectivity index (χ4n) is 12.9. The highest BCUT2D eigenvalue weighted by Gasteiger charge is 2.43. The zero-order valence-electron chi connectivity index (χ0n) is 61.4. The van der Waals surface area contributed by atoms with Crippen LogP contribution in [-0.4, -0.2) is 242 Å². The number of aliphatic carboxylic acids is 2. The highest BCUT2D eigenvalue weighted by molar-refractivity contribution is 6.00. The zero-order valence-corrected chi connectivity index (χ0v) is 61.4. The van der Waals surface area contributed by atoms with Crippen molar-refractivity contribution in [1.82, 2.24) is 78.3 Å². The number of carboxylic acids is 2. The summed E-state index contributed by atoms with van der Waals surface area (Å²) in [5.74, 6) is -14.0. The molecule has 2 aromatic carbocycles. The first-order valence-electron chi connectivity index (χ1n) is 36.5. The lowest BCUT2D eigenvalue weighted by atomic mass is 10.0. The maximum Gasteiger partial charge on any atom is 0.326 e. The SMILES string of the molecule is CC(C)C[C@H](NC(=O)CNC(=O)[C@H](C)NC(=O)[C@@H]1CCCN1C(=O)[C@H](CCCN=C(N)N)NC(=O)[C@H](Cc1ccccc1)NC(=O)[C@H](Cc1cnc[nH]1)NC(=O)[C@H](CC(N)=O)NC(=O)[C@@H]1CCCN1)C(=O)N1CCC[C@H]1C(=O)N[C@@H](CCC(=O)O)C(=O)N[C@@H](CCCCN)C(=O)N[C@@H](Cc1ccc(O)cc1)C(=O)O. The van der Waals surface area contributed by atoms with Crippen LogP contribution in [0.3, 0.4) is 0 Å². The van der Waals surface area contributed by atoms with Crippen LogP contribution in [0.1, 0.15) is 134 Å². The number of aliphatic imine (C=N–C) groups is 1. The van der Waals surface area contributed by atoms with Crippen LogP contribution in [0.15, 0.2) is 72.1 Å². The molecule has 3 aliphatic rings. The number of unbranched alkanes of at least 4 members (excludes halogenated alkanes) is 1. The van der Waals surface area contributed by atoms with Crippen LogP contribution in [0.25, 0.3) is 0 Å². The summed E-state index contributed by atoms with van der Waals surface area (Å²) in [5.41, 5.74) is 23.8. The van der Waals surface area contributed by atoms with Crippen molar-refractivity contribution in [3.05, 3.63) is 83.9 Å². The minimum atomic E-state index is -1.58. The van der Waals surface area contributed by atoms with Gasteiger partial charge in [0.2, 0.25) is 76.8 Å². The number of guanidine groups is 1. The van der Waals surface area contributed by atoms with Crippen LogP contribution in [0, 0.1) is 5.92 Å². The maximum absolute atomic E-state index is 14.9. The lowest BCUT2D eigenvalue weighted by Gasteiger charge is -2.31. The molecule has 12 atom stereocenters. The molecule has 0 spiro atoms. The number of H-pyrrole nitrogens is 1. The zero-order chi connectivity index (χ0) is 79.9. The molecule has 3 aliphatic heterocycles. The molecule has 6 rings (SSSR count). The van der Waals surface area contributed by atoms with Gasteiger partial charge in [-0.15, -0.1) is 0 Å². The molecule has 4 heterocycles. The number of phenols is 1. The number of benzene rings is 2. The van der Waals surface area contributed by atoms with E-state index in [1.54, 1.807) is 44.2 Å². The molecule has 0 radical (unpaired) electrons. The molecule has 3 saturated heterocycles. The van der Waals surface area contributed by atoms with Crippen molar-refractivity contribution < 1.29 is 87.2 Å². The Morgan fingerprint density at radius 2 is 1.11 bits per heavy atom. The third-order valence-corrected chi connectivity index (χ3v) is 18.5. The molecule has 109 heavy (non-hydrogen) atoms. The van der Waals surface area contributed by atoms with Crippen molar-refractivity contribution in [2.75, 3.05) is 39.3 Å². The van der Waals surface area contributed by atoms with Gasteiger partial charge in [0.25, 0.3) is 0 Å². The summed E-state index contributed by atoms with van der Waals surface area (Å²) in [7, 11) is 0. The molecule has 3 fully saturated rings. The number of likely N-dealkylation sites (tertiary alicyclic amines) is 2. The normalized spacial score (nSPS) is 17.8. The Bertz CT molecular complexity index is 3670. The number of amides is 13. The quantitative estimate of drug-likeness (QED) is 0.0144. The number of phenolic OH excluding ortho intramolecular Hbond substituents is 1. The third-order valence-electron chi connectivity index (χ3n) is 18.5. The van der Waals surface area contributed by atoms with E-state index in [4.69, 9.17) is 22.9 Å². The summed E-state index contributed by atoms with van der Waals surface area (Å²) in [5, 5.41) is 58.2. The topological polar surface area (TPSA) is 601 Å². The number of primary amides is 1. The number of nitrogens with zero attached hydrogens (tertiary/aromatic N) is 4. The molecule has 38 heteroatoms. The number of rotatable bonds is 44. The second-order valence-electron chi connectivity index (χ2n) is 27.7. The van der Waals surface area contributed by atoms with Crippen LogP contribution in [0.5, 0.6) is 5.75 Å². The van der Waals surface area contributed by atoms with Gasteiger partial charge in [0.1, 0.15) is 72.2 Å². The van der Waals surface area contributed by atoms with Gasteiger partial charge in [-0.25, -0.2) is 9.78 Å². The van der Waals surface area contributed by atoms with Crippen LogP contribution < -0.4 is 81.4 Å². The molecular weight excluding hydrogens is 1420 g/mol. The number of carboxylic acid groups (broad SMARTS) is 2. The average molecular weight is 1530 g/mol. The molecule has 0 saturated carbocycles. The molecule has 38 nitrogen and oxygen atoms in total. The van der Waals surface area contributed by atoms with Gasteiger partial charge in [-0.2, -0.15) is 0 Å². The Kier molecular flexibility index (Phi) is 34.6. The number of carbonyl (C=O) groups is 15. The van der Waals surface area contributed by atoms with Crippen molar-refractivity contribution in [2.45, 2.75) is 209 Å². The molecule has 3 aromatic rings. The summed E-state index contributed by atoms with van der Waals surface area (Å²) >= 11 is 0. The first-order chi connectivity index (χ1) is 51.9. The Labute approximate surface area is 629 Å². The van der Waals surface area contributed by atoms with Crippen LogP contribution in [-0.2, 0) is 91.2 Å². The van der Waals surface area contributed by atoms with Crippen LogP contribution >= 0.6 is 0 Å². The minimum absolute atomic E-state index is 0.0105. The summed E-state index contributed by atoms with van der Waals surface area (Å²) in [4.78, 5) is 219. The fourth-order valence-corrected chi connectivity index (χ4v) is 12.9. The minimum Gasteiger partial charge on any atom is -0.508 e. The van der Waals surface area contributed by atoms with Crippen molar-refractivity contribution in [3.8, 4) is 5.75 Å². The highest BCUT2D eigenvalue weighted by Crippen LogP contribution is 2.24. The molecule has 1 aromatic heterocycles. The molecule has 13 amide bonds. The number of carbonyl (C=O) groups excluding carboxylic acids is 13. The van der Waals surface area contributed by atoms with E-state index in [-0.39, 0.29) is 102 Å². The van der Waals surface area contributed by atoms with E-state index < -0.39 is 187 Å². The van der Waals surface area contributed by atoms with E-state index in [9.17, 15) is 87.2 Å². The second-order valence-corrected chi connectivity index (χ2v) is 27.7. The molecule has 0 aliphatic carbocycles. The molecule has 23 N–H and O–H groups in total. The average Bonchev–Trinajstić information content (AvgIpc) is 1.75. The number of aromatic amines is 1. The summed E-state index contributed by atoms with van der Waals surface area (Å²) < 4.78 is 0. The molecular formula is C71H104N20O18. The smallest absolute Gasteiger partial charge is 0.326 e. The van der Waals surface area contributed by atoms with Gasteiger partial charge in [0.05, 0.1) is 25.3 Å². The Morgan fingerprint density at radius 3 is 1.68 bits per heavy atom. The van der Waals surface area contributed by atoms with Crippen molar-refractivity contribution >= 4 is 94.7 Å². The number of hydrogen-bond donors (Lipinski definition) is 19. The number of imidazole rings is 1. The van der Waals surface area contributed by atoms with Crippen molar-refractivity contribution in [2.24, 2.45) is 33.8 Å². The lowest BCUT2D eigenvalue weighted by molar-refractivity contribution is -0.143. The second kappa shape index (κ2) is 43.5. The van der Waals surface area contributed by atoms with Crippen molar-refractivity contribution in [1.29, 1.82) is 0 Å². The number of aromatic nitrogens is 2. The van der Waals surface area contributed by atoms with E-state index >= 15 is 0 Å². The van der Waals surface area contributed by atoms with Gasteiger partial charge in [-0.1, -0.05) is 56.3 Å². The van der Waals surface area contributed by atoms with Gasteiger partial charge < -0.3 is 112 Å². The Balaban J connectivity index is 1.10. The van der Waals surface area contributed by atoms with Gasteiger partial charge in [0, 0.05) is 57.2 Å². The molecule has 0 bridgehead atoms. The summed E-state index contributed by atoms with van der Waals surface area (Å²) in [6, 6.07) is -1.72. The molecule has 0 unspecified atom stereocenters. The largest absolute Gasteiger partial charge is 0.508 e. The van der Waals surface area contributed by atoms with E-state index in [1.807, 2.05) is 0 Å². The van der Waals surface area contributed by atoms with E-state index in [0.717, 1.165) is 0 Å². The van der Waals surface area contributed by atoms with E-state index in [1.165, 1.54) is 53.5 Å². The predicted molar refractivity (Wildman–Crippen MR) is 391 cm³/mol. The fraction of sp³-hybridized carbons (Fsp3) is 0.563. The van der Waals surface area contributed by atoms with Crippen LogP contribution in [0.4, 0.5) is 0 Å². The highest BCUT2D eigenvalue weighted by atomic mass is 16.4. The van der Waals surface area contributed by atoms with Gasteiger partial charge in [-0.3, -0.25) is 72.1 Å². The van der Waals surface area contributed by atoms with E-state index in [0.29, 0.717) is 61.9 Å². The van der Waals surface area contributed by atoms with Crippen LogP contribution in [0.2, 0.25) is 0 Å². The number of nitrogens with two attached hydrogens (primary N) is 4. The summed E-state index contributed by atoms with van der Waals surface area (Å²) in [6.07, 6.45) is 3.21. The standard InChI is InChI=1S/C71H104N20O18/c1-39(2)31-52(69(107)91-30-12-19-55(91)67(105)84-47(24-25-58(95)96)62(100)83-46(15-7-8-26-72)61(99)89-53(70(108)109)33-42-20-22-44(92)23-21-42)82-57(94)37-79-59(97)40(3)81-66(104)54-18-11-29-90(54)68(106)48(17-10-28-78-71(74)75)85-63(101)49(32-41-13-5-4-6-14-41)86-64(102)50(34-43-36-76-38-80-43)87-65(103)51(35-56(73)93)88-60(98)45-16-9-27-77-45/h4-6,13-14,20-23,36,38-40,45-55,77,92H,7-12,15-19,24-35,37,72H2,1-3H3,(H2,73,93)(H,76,80)(H,79,97)(H,81,104)(H,82,94)(H,83,100)(H,84,105)(H,85,101)(H,86,102)(H,87,103)(H,88,98)(H,89,99)(H,95,96)(H,108,109)(H4,74,75,78)/t40-,45-,46-,47-,48-,49-,50-,51-,52-,53-,54-,55-/m0/s1. The third kappa shape index (κ3) is 28.4. The maximum atomic E-state index is 14.9.